The van der Waals surface area contributed by atoms with Crippen LogP contribution in [-0.2, 0) is 24.4 Å². The van der Waals surface area contributed by atoms with E-state index in [1.54, 1.807) is 0 Å². The van der Waals surface area contributed by atoms with E-state index < -0.39 is 20.2 Å². The van der Waals surface area contributed by atoms with E-state index in [1.807, 2.05) is 0 Å². The molecule has 0 spiro atoms. The van der Waals surface area contributed by atoms with Gasteiger partial charge in [0.25, 0.3) is 20.2 Å². The molecule has 3 rings (SSSR count). The van der Waals surface area contributed by atoms with Crippen LogP contribution in [-0.4, -0.2) is 27.5 Å². The van der Waals surface area contributed by atoms with Gasteiger partial charge in [-0.15, -0.1) is 0 Å². The summed E-state index contributed by atoms with van der Waals surface area (Å²) in [5, 5.41) is 7.88. The van der Waals surface area contributed by atoms with E-state index in [9.17, 15) is 16.8 Å². The third kappa shape index (κ3) is 4.93. The molecular formula is C17H19N3O6S2. The molecule has 28 heavy (non-hydrogen) atoms. The number of nitrogen functional groups attached to an aromatic ring is 1. The molecule has 1 aliphatic rings. The molecule has 0 unspecified atom stereocenters. The van der Waals surface area contributed by atoms with Gasteiger partial charge in [-0.1, -0.05) is 12.8 Å². The van der Waals surface area contributed by atoms with E-state index in [-0.39, 0.29) is 27.3 Å². The second-order valence-electron chi connectivity index (χ2n) is 6.35. The molecule has 0 heterocycles. The summed E-state index contributed by atoms with van der Waals surface area (Å²) in [6.07, 6.45) is 2.91. The quantitative estimate of drug-likeness (QED) is 0.311. The Bertz CT molecular complexity index is 1090. The first kappa shape index (κ1) is 20.4. The summed E-state index contributed by atoms with van der Waals surface area (Å²) in [6.45, 7) is 0. The van der Waals surface area contributed by atoms with Crippen LogP contribution in [0.25, 0.3) is 0 Å². The minimum Gasteiger partial charge on any atom is -0.398 e. The van der Waals surface area contributed by atoms with Gasteiger partial charge in [-0.2, -0.15) is 27.1 Å². The molecule has 3 N–H and O–H groups in total. The zero-order valence-electron chi connectivity index (χ0n) is 14.7. The molecule has 9 nitrogen and oxygen atoms in total. The standard InChI is InChI=1S/C17H19N3O6S2/c18-16-10-7-13(11-17(16)28(24,25)26-14-3-1-2-4-14)20-19-12-5-8-15(9-6-12)27(21,22)23/h5-11,14H,1-4,18H2,(H,21,22,23). The third-order valence-corrected chi connectivity index (χ3v) is 6.53. The average molecular weight is 425 g/mol. The van der Waals surface area contributed by atoms with Gasteiger partial charge in [-0.05, 0) is 55.3 Å². The Kier molecular flexibility index (Phi) is 5.79. The van der Waals surface area contributed by atoms with Gasteiger partial charge in [0, 0.05) is 0 Å². The van der Waals surface area contributed by atoms with Gasteiger partial charge in [-0.3, -0.25) is 8.74 Å². The van der Waals surface area contributed by atoms with Crippen molar-refractivity contribution in [3.8, 4) is 0 Å². The number of azo groups is 1. The van der Waals surface area contributed by atoms with Gasteiger partial charge >= 0.3 is 0 Å². The zero-order valence-corrected chi connectivity index (χ0v) is 16.4. The number of rotatable bonds is 6. The van der Waals surface area contributed by atoms with E-state index in [4.69, 9.17) is 14.5 Å². The van der Waals surface area contributed by atoms with Crippen molar-refractivity contribution in [3.63, 3.8) is 0 Å². The lowest BCUT2D eigenvalue weighted by atomic mass is 10.3. The van der Waals surface area contributed by atoms with Gasteiger partial charge in [0.15, 0.2) is 0 Å². The van der Waals surface area contributed by atoms with Crippen molar-refractivity contribution in [1.29, 1.82) is 0 Å². The summed E-state index contributed by atoms with van der Waals surface area (Å²) < 4.78 is 61.3. The number of benzene rings is 2. The average Bonchev–Trinajstić information content (AvgIpc) is 3.12. The fraction of sp³-hybridized carbons (Fsp3) is 0.294. The topological polar surface area (TPSA) is 148 Å². The first-order chi connectivity index (χ1) is 13.1. The van der Waals surface area contributed by atoms with Gasteiger partial charge in [0.1, 0.15) is 4.90 Å². The van der Waals surface area contributed by atoms with Gasteiger partial charge in [0.2, 0.25) is 0 Å². The predicted octanol–water partition coefficient (Wildman–Crippen LogP) is 3.58. The van der Waals surface area contributed by atoms with Crippen molar-refractivity contribution in [2.24, 2.45) is 10.2 Å². The molecule has 0 atom stereocenters. The van der Waals surface area contributed by atoms with Crippen LogP contribution in [0.2, 0.25) is 0 Å². The van der Waals surface area contributed by atoms with E-state index >= 15 is 0 Å². The largest absolute Gasteiger partial charge is 0.398 e. The monoisotopic (exact) mass is 425 g/mol. The summed E-state index contributed by atoms with van der Waals surface area (Å²) in [4.78, 5) is -0.436. The van der Waals surface area contributed by atoms with E-state index in [1.165, 1.54) is 42.5 Å². The lowest BCUT2D eigenvalue weighted by Gasteiger charge is -2.13. The highest BCUT2D eigenvalue weighted by molar-refractivity contribution is 7.87. The first-order valence-corrected chi connectivity index (χ1v) is 11.3. The van der Waals surface area contributed by atoms with Crippen LogP contribution in [0.4, 0.5) is 17.1 Å². The minimum atomic E-state index is -4.29. The maximum absolute atomic E-state index is 12.5. The predicted molar refractivity (Wildman–Crippen MR) is 102 cm³/mol. The molecule has 0 radical (unpaired) electrons. The molecule has 0 aromatic heterocycles. The summed E-state index contributed by atoms with van der Waals surface area (Å²) in [5.74, 6) is 0. The summed E-state index contributed by atoms with van der Waals surface area (Å²) in [6, 6.07) is 9.24. The Morgan fingerprint density at radius 1 is 0.929 bits per heavy atom. The molecule has 1 fully saturated rings. The second-order valence-corrected chi connectivity index (χ2v) is 9.31. The van der Waals surface area contributed by atoms with E-state index in [2.05, 4.69) is 10.2 Å². The van der Waals surface area contributed by atoms with E-state index in [0.717, 1.165) is 12.8 Å². The van der Waals surface area contributed by atoms with Crippen molar-refractivity contribution in [2.75, 3.05) is 5.73 Å². The summed E-state index contributed by atoms with van der Waals surface area (Å²) in [7, 11) is -8.31. The molecule has 0 amide bonds. The van der Waals surface area contributed by atoms with Crippen molar-refractivity contribution in [2.45, 2.75) is 41.6 Å². The molecule has 0 aliphatic heterocycles. The van der Waals surface area contributed by atoms with Crippen molar-refractivity contribution in [1.82, 2.24) is 0 Å². The van der Waals surface area contributed by atoms with Crippen LogP contribution in [0.5, 0.6) is 0 Å². The molecule has 1 saturated carbocycles. The smallest absolute Gasteiger partial charge is 0.299 e. The van der Waals surface area contributed by atoms with Gasteiger partial charge in [0.05, 0.1) is 28.1 Å². The molecular weight excluding hydrogens is 406 g/mol. The molecule has 0 bridgehead atoms. The SMILES string of the molecule is Nc1ccc(N=Nc2ccc(S(=O)(=O)O)cc2)cc1S(=O)(=O)OC1CCCC1. The number of anilines is 1. The van der Waals surface area contributed by atoms with Crippen LogP contribution < -0.4 is 5.73 Å². The number of nitrogens with two attached hydrogens (primary N) is 1. The highest BCUT2D eigenvalue weighted by Crippen LogP contribution is 2.31. The molecule has 150 valence electrons. The normalized spacial score (nSPS) is 16.0. The number of hydrogen-bond donors (Lipinski definition) is 2. The van der Waals surface area contributed by atoms with Crippen LogP contribution in [0.15, 0.2) is 62.5 Å². The Hall–Kier alpha value is -2.34. The van der Waals surface area contributed by atoms with Crippen LogP contribution >= 0.6 is 0 Å². The fourth-order valence-electron chi connectivity index (χ4n) is 2.82. The first-order valence-electron chi connectivity index (χ1n) is 8.47. The molecule has 11 heteroatoms. The molecule has 2 aromatic carbocycles. The lowest BCUT2D eigenvalue weighted by Crippen LogP contribution is -2.16. The Labute approximate surface area is 163 Å². The second kappa shape index (κ2) is 7.95. The highest BCUT2D eigenvalue weighted by Gasteiger charge is 2.26. The Morgan fingerprint density at radius 3 is 2.11 bits per heavy atom. The van der Waals surface area contributed by atoms with Crippen molar-refractivity contribution in [3.05, 3.63) is 42.5 Å². The number of nitrogens with zero attached hydrogens (tertiary/aromatic N) is 2. The highest BCUT2D eigenvalue weighted by atomic mass is 32.2. The summed E-state index contributed by atoms with van der Waals surface area (Å²) >= 11 is 0. The molecule has 1 aliphatic carbocycles. The van der Waals surface area contributed by atoms with Gasteiger partial charge in [-0.25, -0.2) is 0 Å². The Morgan fingerprint density at radius 2 is 1.50 bits per heavy atom. The Balaban J connectivity index is 1.81. The van der Waals surface area contributed by atoms with Crippen LogP contribution in [0, 0.1) is 0 Å². The maximum atomic E-state index is 12.5. The zero-order chi connectivity index (χ0) is 20.4. The minimum absolute atomic E-state index is 0.0504. The fourth-order valence-corrected chi connectivity index (χ4v) is 4.57. The molecule has 2 aromatic rings. The van der Waals surface area contributed by atoms with Crippen molar-refractivity contribution < 1.29 is 25.6 Å². The van der Waals surface area contributed by atoms with Crippen molar-refractivity contribution >= 4 is 37.3 Å². The maximum Gasteiger partial charge on any atom is 0.299 e. The van der Waals surface area contributed by atoms with Crippen LogP contribution in [0.1, 0.15) is 25.7 Å². The number of hydrogen-bond acceptors (Lipinski definition) is 8. The van der Waals surface area contributed by atoms with Crippen LogP contribution in [0.3, 0.4) is 0 Å². The van der Waals surface area contributed by atoms with Gasteiger partial charge < -0.3 is 5.73 Å². The lowest BCUT2D eigenvalue weighted by molar-refractivity contribution is 0.217. The third-order valence-electron chi connectivity index (χ3n) is 4.25. The molecule has 0 saturated heterocycles. The van der Waals surface area contributed by atoms with E-state index in [0.29, 0.717) is 18.5 Å². The summed E-state index contributed by atoms with van der Waals surface area (Å²) in [5.41, 5.74) is 6.41.